The Kier molecular flexibility index (Phi) is 8.50. The monoisotopic (exact) mass is 437 g/mol. The lowest BCUT2D eigenvalue weighted by molar-refractivity contribution is -0.109. The van der Waals surface area contributed by atoms with Crippen LogP contribution in [-0.4, -0.2) is 35.2 Å². The van der Waals surface area contributed by atoms with Gasteiger partial charge in [0, 0.05) is 16.7 Å². The van der Waals surface area contributed by atoms with Gasteiger partial charge in [-0.1, -0.05) is 48.2 Å². The van der Waals surface area contributed by atoms with E-state index in [9.17, 15) is 9.59 Å². The Morgan fingerprint density at radius 1 is 1.10 bits per heavy atom. The van der Waals surface area contributed by atoms with Crippen molar-refractivity contribution in [3.63, 3.8) is 0 Å². The quantitative estimate of drug-likeness (QED) is 0.361. The number of aldehydes is 1. The van der Waals surface area contributed by atoms with E-state index in [0.29, 0.717) is 12.0 Å². The van der Waals surface area contributed by atoms with Crippen LogP contribution in [0.25, 0.3) is 11.1 Å². The Morgan fingerprint density at radius 3 is 2.60 bits per heavy atom. The lowest BCUT2D eigenvalue weighted by Crippen LogP contribution is -2.45. The maximum Gasteiger partial charge on any atom is 0.266 e. The fourth-order valence-electron chi connectivity index (χ4n) is 2.81. The molecule has 0 fully saturated rings. The molecule has 2 aromatic carbocycles. The van der Waals surface area contributed by atoms with E-state index < -0.39 is 6.04 Å². The minimum atomic E-state index is -0.416. The average molecular weight is 438 g/mol. The highest BCUT2D eigenvalue weighted by Crippen LogP contribution is 2.32. The number of hydrogen-bond acceptors (Lipinski definition) is 6. The molecule has 1 aromatic heterocycles. The second kappa shape index (κ2) is 11.5. The van der Waals surface area contributed by atoms with Crippen LogP contribution in [0.5, 0.6) is 0 Å². The minimum Gasteiger partial charge on any atom is -0.302 e. The van der Waals surface area contributed by atoms with E-state index in [2.05, 4.69) is 15.8 Å². The molecule has 2 N–H and O–H groups in total. The van der Waals surface area contributed by atoms with Crippen molar-refractivity contribution in [2.24, 2.45) is 0 Å². The molecular weight excluding hydrogens is 414 g/mol. The number of nitrogens with one attached hydrogen (secondary N) is 2. The molecule has 3 aromatic rings. The number of rotatable bonds is 10. The first kappa shape index (κ1) is 22.1. The number of hydrogen-bond donors (Lipinski definition) is 2. The van der Waals surface area contributed by atoms with E-state index in [4.69, 9.17) is 0 Å². The molecule has 0 aliphatic carbocycles. The molecule has 7 heteroatoms. The van der Waals surface area contributed by atoms with Crippen LogP contribution in [0.4, 0.5) is 0 Å². The summed E-state index contributed by atoms with van der Waals surface area (Å²) in [7, 11) is 0. The highest BCUT2D eigenvalue weighted by Gasteiger charge is 2.16. The Hall–Kier alpha value is -2.61. The topological polar surface area (TPSA) is 71.1 Å². The first-order valence-electron chi connectivity index (χ1n) is 9.49. The summed E-state index contributed by atoms with van der Waals surface area (Å²) in [4.78, 5) is 29.5. The Bertz CT molecular complexity index is 969. The van der Waals surface area contributed by atoms with E-state index in [1.165, 1.54) is 0 Å². The van der Waals surface area contributed by atoms with Gasteiger partial charge in [0.15, 0.2) is 0 Å². The SMILES string of the molecule is CSCC[C@H](C=O)NNC(=O)c1ccc(Sc2ccccn2)cc1-c1ccccc1. The molecular formula is C23H23N3O2S2. The molecule has 0 unspecified atom stereocenters. The predicted octanol–water partition coefficient (Wildman–Crippen LogP) is 4.45. The third-order valence-corrected chi connectivity index (χ3v) is 5.93. The van der Waals surface area contributed by atoms with Gasteiger partial charge in [0.1, 0.15) is 11.3 Å². The zero-order chi connectivity index (χ0) is 21.2. The van der Waals surface area contributed by atoms with E-state index in [0.717, 1.165) is 33.1 Å². The molecule has 30 heavy (non-hydrogen) atoms. The molecule has 0 saturated carbocycles. The van der Waals surface area contributed by atoms with Crippen molar-refractivity contribution in [1.29, 1.82) is 0 Å². The summed E-state index contributed by atoms with van der Waals surface area (Å²) < 4.78 is 0. The van der Waals surface area contributed by atoms with Gasteiger partial charge in [-0.15, -0.1) is 0 Å². The summed E-state index contributed by atoms with van der Waals surface area (Å²) in [5, 5.41) is 0.887. The van der Waals surface area contributed by atoms with Crippen molar-refractivity contribution in [2.75, 3.05) is 12.0 Å². The van der Waals surface area contributed by atoms with Gasteiger partial charge in [-0.05, 0) is 59.9 Å². The van der Waals surface area contributed by atoms with E-state index >= 15 is 0 Å². The Balaban J connectivity index is 1.84. The number of nitrogens with zero attached hydrogens (tertiary/aromatic N) is 1. The summed E-state index contributed by atoms with van der Waals surface area (Å²) in [5.74, 6) is 0.556. The number of thioether (sulfide) groups is 1. The maximum absolute atomic E-state index is 12.9. The van der Waals surface area contributed by atoms with Crippen LogP contribution in [0.3, 0.4) is 0 Å². The van der Waals surface area contributed by atoms with Crippen LogP contribution in [0.2, 0.25) is 0 Å². The average Bonchev–Trinajstić information content (AvgIpc) is 2.80. The van der Waals surface area contributed by atoms with Crippen LogP contribution < -0.4 is 10.9 Å². The fraction of sp³-hybridized carbons (Fsp3) is 0.174. The van der Waals surface area contributed by atoms with E-state index in [1.54, 1.807) is 29.7 Å². The van der Waals surface area contributed by atoms with Gasteiger partial charge < -0.3 is 4.79 Å². The number of aromatic nitrogens is 1. The lowest BCUT2D eigenvalue weighted by atomic mass is 9.99. The zero-order valence-electron chi connectivity index (χ0n) is 16.6. The highest BCUT2D eigenvalue weighted by molar-refractivity contribution is 7.99. The Morgan fingerprint density at radius 2 is 1.90 bits per heavy atom. The molecule has 3 rings (SSSR count). The summed E-state index contributed by atoms with van der Waals surface area (Å²) >= 11 is 3.20. The smallest absolute Gasteiger partial charge is 0.266 e. The van der Waals surface area contributed by atoms with Crippen LogP contribution in [-0.2, 0) is 4.79 Å². The number of pyridine rings is 1. The summed E-state index contributed by atoms with van der Waals surface area (Å²) in [6, 6.07) is 20.8. The molecule has 0 spiro atoms. The second-order valence-corrected chi connectivity index (χ2v) is 8.55. The van der Waals surface area contributed by atoms with Gasteiger partial charge in [0.2, 0.25) is 0 Å². The largest absolute Gasteiger partial charge is 0.302 e. The molecule has 0 radical (unpaired) electrons. The van der Waals surface area contributed by atoms with Gasteiger partial charge in [0.05, 0.1) is 6.04 Å². The number of benzene rings is 2. The first-order valence-corrected chi connectivity index (χ1v) is 11.7. The Labute approximate surface area is 185 Å². The van der Waals surface area contributed by atoms with Crippen molar-refractivity contribution in [3.05, 3.63) is 78.5 Å². The number of hydrazine groups is 1. The van der Waals surface area contributed by atoms with Crippen molar-refractivity contribution >= 4 is 35.7 Å². The van der Waals surface area contributed by atoms with Crippen molar-refractivity contribution < 1.29 is 9.59 Å². The third kappa shape index (κ3) is 6.19. The minimum absolute atomic E-state index is 0.278. The third-order valence-electron chi connectivity index (χ3n) is 4.35. The highest BCUT2D eigenvalue weighted by atomic mass is 32.2. The summed E-state index contributed by atoms with van der Waals surface area (Å²) in [6.07, 6.45) is 5.21. The maximum atomic E-state index is 12.9. The summed E-state index contributed by atoms with van der Waals surface area (Å²) in [5.41, 5.74) is 7.83. The van der Waals surface area contributed by atoms with Gasteiger partial charge in [-0.25, -0.2) is 10.4 Å². The van der Waals surface area contributed by atoms with Gasteiger partial charge in [-0.3, -0.25) is 10.2 Å². The van der Waals surface area contributed by atoms with Crippen molar-refractivity contribution in [1.82, 2.24) is 15.8 Å². The fourth-order valence-corrected chi connectivity index (χ4v) is 4.12. The lowest BCUT2D eigenvalue weighted by Gasteiger charge is -2.16. The van der Waals surface area contributed by atoms with Crippen LogP contribution in [0.1, 0.15) is 16.8 Å². The molecule has 0 aliphatic heterocycles. The van der Waals surface area contributed by atoms with Gasteiger partial charge in [-0.2, -0.15) is 11.8 Å². The first-order chi connectivity index (χ1) is 14.7. The molecule has 1 amide bonds. The summed E-state index contributed by atoms with van der Waals surface area (Å²) in [6.45, 7) is 0. The number of carbonyl (C=O) groups excluding carboxylic acids is 2. The number of amides is 1. The molecule has 0 saturated heterocycles. The number of carbonyl (C=O) groups is 2. The molecule has 1 heterocycles. The van der Waals surface area contributed by atoms with Crippen molar-refractivity contribution in [2.45, 2.75) is 22.4 Å². The molecule has 1 atom stereocenters. The van der Waals surface area contributed by atoms with Crippen LogP contribution in [0, 0.1) is 0 Å². The molecule has 5 nitrogen and oxygen atoms in total. The van der Waals surface area contributed by atoms with Crippen LogP contribution >= 0.6 is 23.5 Å². The molecule has 0 bridgehead atoms. The standard InChI is InChI=1S/C23H23N3O2S2/c1-29-14-12-18(16-27)25-26-23(28)20-11-10-19(30-22-9-5-6-13-24-22)15-21(20)17-7-3-2-4-8-17/h2-11,13,15-16,18,25H,12,14H2,1H3,(H,26,28)/t18-/m1/s1. The molecule has 154 valence electrons. The van der Waals surface area contributed by atoms with E-state index in [-0.39, 0.29) is 5.91 Å². The molecule has 0 aliphatic rings. The normalized spacial score (nSPS) is 11.6. The second-order valence-electron chi connectivity index (χ2n) is 6.47. The van der Waals surface area contributed by atoms with E-state index in [1.807, 2.05) is 73.0 Å². The van der Waals surface area contributed by atoms with Gasteiger partial charge >= 0.3 is 0 Å². The predicted molar refractivity (Wildman–Crippen MR) is 124 cm³/mol. The van der Waals surface area contributed by atoms with Crippen LogP contribution in [0.15, 0.2) is 82.8 Å². The zero-order valence-corrected chi connectivity index (χ0v) is 18.2. The van der Waals surface area contributed by atoms with Crippen molar-refractivity contribution in [3.8, 4) is 11.1 Å². The van der Waals surface area contributed by atoms with Gasteiger partial charge in [0.25, 0.3) is 5.91 Å².